The summed E-state index contributed by atoms with van der Waals surface area (Å²) in [4.78, 5) is 18.8. The Morgan fingerprint density at radius 3 is 2.51 bits per heavy atom. The molecule has 0 bridgehead atoms. The highest BCUT2D eigenvalue weighted by atomic mass is 79.9. The third-order valence-electron chi connectivity index (χ3n) is 7.21. The molecular formula is C33H36BrN5O3S. The topological polar surface area (TPSA) is 90.3 Å². The minimum atomic E-state index is -0.568. The number of allylic oxidation sites excluding steroid dienone is 1. The van der Waals surface area contributed by atoms with Crippen molar-refractivity contribution in [1.29, 1.82) is 0 Å². The number of nitrogens with zero attached hydrogens (tertiary/aromatic N) is 3. The Hall–Kier alpha value is -3.76. The fraction of sp³-hybridized carbons (Fsp3) is 0.303. The number of thioether (sulfide) groups is 1. The molecule has 43 heavy (non-hydrogen) atoms. The van der Waals surface area contributed by atoms with Gasteiger partial charge in [-0.1, -0.05) is 66.2 Å². The van der Waals surface area contributed by atoms with E-state index in [1.165, 1.54) is 5.56 Å². The van der Waals surface area contributed by atoms with Crippen LogP contribution in [0.25, 0.3) is 0 Å². The first kappa shape index (κ1) is 30.7. The van der Waals surface area contributed by atoms with Gasteiger partial charge in [0.15, 0.2) is 11.5 Å². The van der Waals surface area contributed by atoms with E-state index in [9.17, 15) is 4.79 Å². The predicted octanol–water partition coefficient (Wildman–Crippen LogP) is 7.98. The summed E-state index contributed by atoms with van der Waals surface area (Å²) in [6, 6.07) is 17.5. The van der Waals surface area contributed by atoms with Crippen molar-refractivity contribution in [2.75, 3.05) is 23.5 Å². The van der Waals surface area contributed by atoms with Crippen molar-refractivity contribution in [2.45, 2.75) is 58.8 Å². The highest BCUT2D eigenvalue weighted by Crippen LogP contribution is 2.43. The van der Waals surface area contributed by atoms with Crippen molar-refractivity contribution in [3.05, 3.63) is 98.2 Å². The lowest BCUT2D eigenvalue weighted by molar-refractivity contribution is -0.113. The number of anilines is 2. The van der Waals surface area contributed by atoms with Crippen molar-refractivity contribution < 1.29 is 14.3 Å². The van der Waals surface area contributed by atoms with E-state index in [4.69, 9.17) is 19.6 Å². The predicted molar refractivity (Wildman–Crippen MR) is 176 cm³/mol. The zero-order valence-corrected chi connectivity index (χ0v) is 27.6. The Morgan fingerprint density at radius 1 is 1.07 bits per heavy atom. The highest BCUT2D eigenvalue weighted by molar-refractivity contribution is 9.10. The largest absolute Gasteiger partial charge is 0.493 e. The molecule has 1 atom stereocenters. The van der Waals surface area contributed by atoms with Gasteiger partial charge in [0.2, 0.25) is 11.1 Å². The van der Waals surface area contributed by atoms with Gasteiger partial charge < -0.3 is 20.1 Å². The van der Waals surface area contributed by atoms with Crippen LogP contribution in [0.3, 0.4) is 0 Å². The number of hydrogen-bond donors (Lipinski definition) is 2. The summed E-state index contributed by atoms with van der Waals surface area (Å²) in [5.41, 5.74) is 7.17. The summed E-state index contributed by atoms with van der Waals surface area (Å²) in [5, 5.41) is 12.0. The number of nitrogens with one attached hydrogen (secondary N) is 2. The average Bonchev–Trinajstić information content (AvgIpc) is 3.38. The fourth-order valence-corrected chi connectivity index (χ4v) is 6.27. The molecule has 1 unspecified atom stereocenters. The van der Waals surface area contributed by atoms with Crippen LogP contribution in [0.4, 0.5) is 11.6 Å². The monoisotopic (exact) mass is 661 g/mol. The smallest absolute Gasteiger partial charge is 0.255 e. The van der Waals surface area contributed by atoms with Crippen molar-refractivity contribution in [3.8, 4) is 11.5 Å². The maximum absolute atomic E-state index is 14.0. The number of benzene rings is 3. The minimum Gasteiger partial charge on any atom is -0.493 e. The molecule has 0 radical (unpaired) electrons. The molecule has 4 aromatic rings. The molecule has 3 aromatic carbocycles. The van der Waals surface area contributed by atoms with E-state index < -0.39 is 6.04 Å². The zero-order valence-electron chi connectivity index (χ0n) is 25.2. The molecule has 0 saturated heterocycles. The summed E-state index contributed by atoms with van der Waals surface area (Å²) in [6.45, 7) is 10.5. The van der Waals surface area contributed by atoms with E-state index in [1.54, 1.807) is 23.6 Å². The molecule has 2 N–H and O–H groups in total. The molecule has 0 fully saturated rings. The first-order chi connectivity index (χ1) is 20.7. The van der Waals surface area contributed by atoms with Gasteiger partial charge in [0.1, 0.15) is 12.6 Å². The maximum atomic E-state index is 14.0. The number of amides is 1. The second-order valence-corrected chi connectivity index (χ2v) is 12.6. The summed E-state index contributed by atoms with van der Waals surface area (Å²) in [5.74, 6) is 2.39. The van der Waals surface area contributed by atoms with Gasteiger partial charge in [-0.25, -0.2) is 4.68 Å². The van der Waals surface area contributed by atoms with Crippen LogP contribution in [0, 0.1) is 20.8 Å². The average molecular weight is 663 g/mol. The third kappa shape index (κ3) is 6.75. The summed E-state index contributed by atoms with van der Waals surface area (Å²) in [7, 11) is 1.61. The molecule has 2 heterocycles. The van der Waals surface area contributed by atoms with E-state index in [0.717, 1.165) is 40.1 Å². The molecule has 0 spiro atoms. The van der Waals surface area contributed by atoms with Gasteiger partial charge in [-0.3, -0.25) is 4.79 Å². The summed E-state index contributed by atoms with van der Waals surface area (Å²) in [6.07, 6.45) is 1.00. The van der Waals surface area contributed by atoms with Crippen LogP contribution in [-0.4, -0.2) is 33.5 Å². The van der Waals surface area contributed by atoms with Crippen molar-refractivity contribution in [1.82, 2.24) is 14.8 Å². The van der Waals surface area contributed by atoms with Gasteiger partial charge >= 0.3 is 0 Å². The third-order valence-corrected chi connectivity index (χ3v) is 8.85. The number of hydrogen-bond acceptors (Lipinski definition) is 7. The number of carbonyl (C=O) groups is 1. The molecule has 0 aliphatic carbocycles. The van der Waals surface area contributed by atoms with Crippen LogP contribution >= 0.6 is 27.7 Å². The van der Waals surface area contributed by atoms with Gasteiger partial charge in [0, 0.05) is 17.1 Å². The molecule has 224 valence electrons. The standard InChI is InChI=1S/C33H36BrN5O3S/c1-7-14-43-33-37-32-35-22(5)28(31(40)36-26-13-10-20(3)15-21(26)4)29(39(32)38-33)24-16-25(34)30(27(17-24)41-6)42-18-23-11-8-19(2)9-12-23/h8-13,15-17,29H,7,14,18H2,1-6H3,(H,36,40)(H,35,37,38). The highest BCUT2D eigenvalue weighted by Gasteiger charge is 2.35. The molecule has 1 aliphatic heterocycles. The number of fused-ring (bicyclic) bond motifs is 1. The van der Waals surface area contributed by atoms with E-state index in [0.29, 0.717) is 45.0 Å². The Labute approximate surface area is 265 Å². The van der Waals surface area contributed by atoms with Gasteiger partial charge in [-0.2, -0.15) is 4.98 Å². The molecular weight excluding hydrogens is 626 g/mol. The summed E-state index contributed by atoms with van der Waals surface area (Å²) < 4.78 is 14.5. The Morgan fingerprint density at radius 2 is 1.81 bits per heavy atom. The molecule has 5 rings (SSSR count). The first-order valence-electron chi connectivity index (χ1n) is 14.2. The fourth-order valence-electron chi connectivity index (χ4n) is 5.01. The normalized spacial score (nSPS) is 14.3. The Bertz CT molecular complexity index is 1680. The van der Waals surface area contributed by atoms with E-state index in [1.807, 2.05) is 57.2 Å². The second kappa shape index (κ2) is 13.3. The lowest BCUT2D eigenvalue weighted by Gasteiger charge is -2.29. The van der Waals surface area contributed by atoms with Crippen molar-refractivity contribution >= 4 is 45.2 Å². The number of carbonyl (C=O) groups excluding carboxylic acids is 1. The molecule has 1 aromatic heterocycles. The second-order valence-electron chi connectivity index (χ2n) is 10.7. The zero-order chi connectivity index (χ0) is 30.7. The number of methoxy groups -OCH3 is 1. The first-order valence-corrected chi connectivity index (χ1v) is 16.0. The molecule has 10 heteroatoms. The van der Waals surface area contributed by atoms with E-state index >= 15 is 0 Å². The van der Waals surface area contributed by atoms with E-state index in [2.05, 4.69) is 58.6 Å². The summed E-state index contributed by atoms with van der Waals surface area (Å²) >= 11 is 5.32. The Balaban J connectivity index is 1.55. The maximum Gasteiger partial charge on any atom is 0.255 e. The van der Waals surface area contributed by atoms with Crippen LogP contribution in [0.1, 0.15) is 54.1 Å². The van der Waals surface area contributed by atoms with Crippen LogP contribution in [-0.2, 0) is 11.4 Å². The quantitative estimate of drug-likeness (QED) is 0.167. The lowest BCUT2D eigenvalue weighted by atomic mass is 9.94. The van der Waals surface area contributed by atoms with Crippen LogP contribution < -0.4 is 20.1 Å². The molecule has 1 aliphatic rings. The van der Waals surface area contributed by atoms with Gasteiger partial charge in [0.25, 0.3) is 5.91 Å². The van der Waals surface area contributed by atoms with Crippen LogP contribution in [0.5, 0.6) is 11.5 Å². The molecule has 8 nitrogen and oxygen atoms in total. The lowest BCUT2D eigenvalue weighted by Crippen LogP contribution is -2.31. The van der Waals surface area contributed by atoms with Crippen molar-refractivity contribution in [3.63, 3.8) is 0 Å². The van der Waals surface area contributed by atoms with E-state index in [-0.39, 0.29) is 5.91 Å². The van der Waals surface area contributed by atoms with Crippen LogP contribution in [0.2, 0.25) is 0 Å². The number of ether oxygens (including phenoxy) is 2. The van der Waals surface area contributed by atoms with Crippen molar-refractivity contribution in [2.24, 2.45) is 0 Å². The number of halogens is 1. The SMILES string of the molecule is CCCSc1nc2n(n1)C(c1cc(Br)c(OCc3ccc(C)cc3)c(OC)c1)C(C(=O)Nc1ccc(C)cc1C)=C(C)N2. The number of aromatic nitrogens is 3. The van der Waals surface area contributed by atoms with Gasteiger partial charge in [-0.05, 0) is 84.9 Å². The van der Waals surface area contributed by atoms with Crippen LogP contribution in [0.15, 0.2) is 75.5 Å². The number of aryl methyl sites for hydroxylation is 3. The molecule has 0 saturated carbocycles. The number of rotatable bonds is 10. The minimum absolute atomic E-state index is 0.222. The Kier molecular flexibility index (Phi) is 9.46. The van der Waals surface area contributed by atoms with Gasteiger partial charge in [-0.15, -0.1) is 5.10 Å². The molecule has 1 amide bonds. The van der Waals surface area contributed by atoms with Gasteiger partial charge in [0.05, 0.1) is 17.2 Å².